The summed E-state index contributed by atoms with van der Waals surface area (Å²) in [6.07, 6.45) is 9.04. The number of fused-ring (bicyclic) bond motifs is 2. The highest BCUT2D eigenvalue weighted by Crippen LogP contribution is 2.58. The van der Waals surface area contributed by atoms with Gasteiger partial charge >= 0.3 is 0 Å². The van der Waals surface area contributed by atoms with Crippen LogP contribution in [-0.2, 0) is 0 Å². The molecule has 4 aromatic rings. The molecule has 2 saturated heterocycles. The Morgan fingerprint density at radius 3 is 1.33 bits per heavy atom. The van der Waals surface area contributed by atoms with Crippen molar-refractivity contribution in [2.75, 3.05) is 0 Å². The van der Waals surface area contributed by atoms with Crippen LogP contribution in [0.2, 0.25) is 0 Å². The van der Waals surface area contributed by atoms with E-state index in [0.29, 0.717) is 35.0 Å². The maximum atomic E-state index is 4.90. The quantitative estimate of drug-likeness (QED) is 0.295. The van der Waals surface area contributed by atoms with Crippen LogP contribution in [0.5, 0.6) is 0 Å². The number of aromatic nitrogens is 4. The molecule has 2 saturated carbocycles. The van der Waals surface area contributed by atoms with Crippen molar-refractivity contribution >= 4 is 0 Å². The number of H-pyrrole nitrogens is 2. The number of nitrogens with zero attached hydrogens (tertiary/aromatic N) is 2. The first-order valence-electron chi connectivity index (χ1n) is 13.3. The first kappa shape index (κ1) is 20.9. The third-order valence-electron chi connectivity index (χ3n) is 9.40. The first-order chi connectivity index (χ1) is 17.5. The molecule has 8 rings (SSSR count). The summed E-state index contributed by atoms with van der Waals surface area (Å²) in [5.74, 6) is 2.13. The third kappa shape index (κ3) is 3.31. The summed E-state index contributed by atoms with van der Waals surface area (Å²) in [5.41, 5.74) is 7.69. The van der Waals surface area contributed by atoms with Crippen LogP contribution in [0, 0.1) is 10.8 Å². The molecule has 4 heterocycles. The maximum Gasteiger partial charge on any atom is 0.124 e. The number of nitrogens with one attached hydrogen (secondary N) is 4. The lowest BCUT2D eigenvalue weighted by Gasteiger charge is -2.11. The Balaban J connectivity index is 0.960. The Morgan fingerprint density at radius 2 is 0.972 bits per heavy atom. The minimum atomic E-state index is 0.356. The van der Waals surface area contributed by atoms with Gasteiger partial charge in [0.05, 0.1) is 23.5 Å². The van der Waals surface area contributed by atoms with E-state index in [0.717, 1.165) is 34.2 Å². The molecule has 2 aliphatic carbocycles. The van der Waals surface area contributed by atoms with E-state index < -0.39 is 0 Å². The van der Waals surface area contributed by atoms with E-state index in [-0.39, 0.29) is 0 Å². The number of benzene rings is 2. The van der Waals surface area contributed by atoms with Gasteiger partial charge < -0.3 is 20.6 Å². The number of aromatic amines is 2. The summed E-state index contributed by atoms with van der Waals surface area (Å²) in [7, 11) is 0. The van der Waals surface area contributed by atoms with Crippen molar-refractivity contribution in [1.82, 2.24) is 30.6 Å². The summed E-state index contributed by atoms with van der Waals surface area (Å²) in [6.45, 7) is 4.75. The highest BCUT2D eigenvalue weighted by molar-refractivity contribution is 5.71. The van der Waals surface area contributed by atoms with Crippen molar-refractivity contribution in [1.29, 1.82) is 0 Å². The van der Waals surface area contributed by atoms with E-state index in [1.165, 1.54) is 36.8 Å². The SMILES string of the molecule is C[C@@]12C[C@@H](c3nc(-c4ccc(-c5ccc(-c6c[nH]c([C@@H]7C[C@@]8(C)C[C@H]8N7)n6)cc5)cc4)c[nH]3)N[C@@H]1C2. The third-order valence-corrected chi connectivity index (χ3v) is 9.40. The molecular formula is C30H32N6. The predicted molar refractivity (Wildman–Crippen MR) is 141 cm³/mol. The topological polar surface area (TPSA) is 81.4 Å². The van der Waals surface area contributed by atoms with Gasteiger partial charge in [0, 0.05) is 35.6 Å². The maximum absolute atomic E-state index is 4.90. The minimum absolute atomic E-state index is 0.356. The van der Waals surface area contributed by atoms with Crippen molar-refractivity contribution < 1.29 is 0 Å². The Morgan fingerprint density at radius 1 is 0.583 bits per heavy atom. The van der Waals surface area contributed by atoms with E-state index in [1.807, 2.05) is 12.4 Å². The van der Waals surface area contributed by atoms with Gasteiger partial charge in [0.15, 0.2) is 0 Å². The summed E-state index contributed by atoms with van der Waals surface area (Å²) in [6, 6.07) is 19.5. The van der Waals surface area contributed by atoms with Crippen molar-refractivity contribution in [3.63, 3.8) is 0 Å². The Hall–Kier alpha value is -3.22. The van der Waals surface area contributed by atoms with Crippen LogP contribution in [0.4, 0.5) is 0 Å². The molecule has 2 aromatic carbocycles. The summed E-state index contributed by atoms with van der Waals surface area (Å²) >= 11 is 0. The predicted octanol–water partition coefficient (Wildman–Crippen LogP) is 5.76. The van der Waals surface area contributed by atoms with E-state index >= 15 is 0 Å². The zero-order chi connectivity index (χ0) is 24.1. The van der Waals surface area contributed by atoms with Crippen molar-refractivity contribution in [3.8, 4) is 33.6 Å². The Kier molecular flexibility index (Phi) is 4.17. The van der Waals surface area contributed by atoms with E-state index in [2.05, 4.69) is 83.0 Å². The lowest BCUT2D eigenvalue weighted by molar-refractivity contribution is 0.488. The van der Waals surface area contributed by atoms with Gasteiger partial charge in [-0.05, 0) is 47.6 Å². The van der Waals surface area contributed by atoms with Crippen LogP contribution in [0.15, 0.2) is 60.9 Å². The fraction of sp³-hybridized carbons (Fsp3) is 0.400. The molecule has 0 radical (unpaired) electrons. The molecule has 36 heavy (non-hydrogen) atoms. The Labute approximate surface area is 211 Å². The molecule has 2 aromatic heterocycles. The van der Waals surface area contributed by atoms with Crippen LogP contribution in [0.3, 0.4) is 0 Å². The number of imidazole rings is 2. The van der Waals surface area contributed by atoms with Gasteiger partial charge in [-0.25, -0.2) is 9.97 Å². The zero-order valence-electron chi connectivity index (χ0n) is 20.8. The average molecular weight is 477 g/mol. The second kappa shape index (κ2) is 7.17. The summed E-state index contributed by atoms with van der Waals surface area (Å²) in [5, 5.41) is 7.43. The zero-order valence-corrected chi connectivity index (χ0v) is 20.8. The molecule has 0 bridgehead atoms. The van der Waals surface area contributed by atoms with E-state index in [4.69, 9.17) is 9.97 Å². The van der Waals surface area contributed by atoms with Gasteiger partial charge in [0.1, 0.15) is 11.6 Å². The van der Waals surface area contributed by atoms with Crippen molar-refractivity contribution in [3.05, 3.63) is 72.6 Å². The number of rotatable bonds is 5. The largest absolute Gasteiger partial charge is 0.347 e. The Bertz CT molecular complexity index is 1340. The first-order valence-corrected chi connectivity index (χ1v) is 13.3. The average Bonchev–Trinajstić information content (AvgIpc) is 3.40. The molecule has 0 unspecified atom stereocenters. The second-order valence-corrected chi connectivity index (χ2v) is 12.2. The number of hydrogen-bond donors (Lipinski definition) is 4. The molecular weight excluding hydrogens is 444 g/mol. The van der Waals surface area contributed by atoms with Gasteiger partial charge in [-0.2, -0.15) is 0 Å². The van der Waals surface area contributed by atoms with Crippen LogP contribution in [0.1, 0.15) is 63.3 Å². The van der Waals surface area contributed by atoms with Gasteiger partial charge in [-0.3, -0.25) is 0 Å². The molecule has 6 atom stereocenters. The van der Waals surface area contributed by atoms with Crippen molar-refractivity contribution in [2.45, 2.75) is 63.7 Å². The smallest absolute Gasteiger partial charge is 0.124 e. The second-order valence-electron chi connectivity index (χ2n) is 12.2. The number of piperidine rings is 2. The lowest BCUT2D eigenvalue weighted by Crippen LogP contribution is -2.18. The van der Waals surface area contributed by atoms with Gasteiger partial charge in [-0.15, -0.1) is 0 Å². The van der Waals surface area contributed by atoms with Crippen LogP contribution < -0.4 is 10.6 Å². The monoisotopic (exact) mass is 476 g/mol. The standard InChI is InChI=1S/C30H32N6/c1-29-11-21(33-25(29)13-29)27-31-15-23(35-27)19-7-3-17(4-8-19)18-5-9-20(10-6-18)24-16-32-28(36-24)22-12-30(2)14-26(30)34-22/h3-10,15-16,21-22,25-26,33-34H,11-14H2,1-2H3,(H,31,35)(H,32,36)/t21-,22-,25+,26+,29-,30-/m0/s1. The van der Waals surface area contributed by atoms with Crippen LogP contribution >= 0.6 is 0 Å². The van der Waals surface area contributed by atoms with E-state index in [9.17, 15) is 0 Å². The molecule has 4 N–H and O–H groups in total. The van der Waals surface area contributed by atoms with E-state index in [1.54, 1.807) is 0 Å². The lowest BCUT2D eigenvalue weighted by atomic mass is 10.0. The normalized spacial score (nSPS) is 33.9. The van der Waals surface area contributed by atoms with Gasteiger partial charge in [0.2, 0.25) is 0 Å². The summed E-state index contributed by atoms with van der Waals surface area (Å²) < 4.78 is 0. The molecule has 182 valence electrons. The van der Waals surface area contributed by atoms with Crippen LogP contribution in [0.25, 0.3) is 33.6 Å². The molecule has 0 amide bonds. The van der Waals surface area contributed by atoms with Crippen LogP contribution in [-0.4, -0.2) is 32.0 Å². The fourth-order valence-corrected chi connectivity index (χ4v) is 6.67. The minimum Gasteiger partial charge on any atom is -0.347 e. The van der Waals surface area contributed by atoms with Crippen molar-refractivity contribution in [2.24, 2.45) is 10.8 Å². The van der Waals surface area contributed by atoms with Gasteiger partial charge in [0.25, 0.3) is 0 Å². The molecule has 2 aliphatic heterocycles. The number of hydrogen-bond acceptors (Lipinski definition) is 4. The molecule has 6 heteroatoms. The molecule has 4 fully saturated rings. The fourth-order valence-electron chi connectivity index (χ4n) is 6.67. The highest BCUT2D eigenvalue weighted by Gasteiger charge is 2.58. The highest BCUT2D eigenvalue weighted by atomic mass is 15.1. The molecule has 4 aliphatic rings. The molecule has 6 nitrogen and oxygen atoms in total. The molecule has 0 spiro atoms. The summed E-state index contributed by atoms with van der Waals surface area (Å²) in [4.78, 5) is 16.6. The van der Waals surface area contributed by atoms with Gasteiger partial charge in [-0.1, -0.05) is 62.4 Å².